The van der Waals surface area contributed by atoms with Gasteiger partial charge in [0.15, 0.2) is 6.79 Å². The Bertz CT molecular complexity index is 1740. The molecule has 2 atom stereocenters. The van der Waals surface area contributed by atoms with Crippen LogP contribution in [0.1, 0.15) is 11.1 Å². The number of para-hydroxylation sites is 1. The molecule has 15 heteroatoms. The third-order valence-electron chi connectivity index (χ3n) is 7.29. The minimum atomic E-state index is -3.15. The standard InChI is InChI=1S/C36H45NO9P2S3/c1-37(2)25-33(26-42-36-13-8-7-11-29(36)15-14-28-10-9-12-32(24-28)38-3)43-27-44-48(50,41-6)46-31-18-22-35(23-19-31)51-34-20-16-30(17-21-34)45-47(49,39-4)40-5/h7-13,16-24,33H,14-15,25-27H2,1-6H3/t33-,48?/m0/s1. The van der Waals surface area contributed by atoms with Crippen LogP contribution in [-0.2, 0) is 59.3 Å². The first-order valence-electron chi connectivity index (χ1n) is 15.9. The van der Waals surface area contributed by atoms with Gasteiger partial charge < -0.3 is 41.7 Å². The molecular weight excluding hydrogens is 749 g/mol. The Kier molecular flexibility index (Phi) is 16.7. The van der Waals surface area contributed by atoms with Gasteiger partial charge in [-0.1, -0.05) is 42.1 Å². The maximum Gasteiger partial charge on any atom is 0.382 e. The molecule has 4 aromatic carbocycles. The fourth-order valence-electron chi connectivity index (χ4n) is 4.69. The Morgan fingerprint density at radius 3 is 1.88 bits per heavy atom. The lowest BCUT2D eigenvalue weighted by Crippen LogP contribution is -2.34. The highest BCUT2D eigenvalue weighted by atomic mass is 32.5. The van der Waals surface area contributed by atoms with Crippen LogP contribution >= 0.6 is 25.2 Å². The van der Waals surface area contributed by atoms with Crippen molar-refractivity contribution < 1.29 is 41.4 Å². The molecule has 10 nitrogen and oxygen atoms in total. The van der Waals surface area contributed by atoms with E-state index in [-0.39, 0.29) is 12.9 Å². The van der Waals surface area contributed by atoms with Gasteiger partial charge in [0.2, 0.25) is 0 Å². The topological polar surface area (TPSA) is 86.3 Å². The average molecular weight is 794 g/mol. The van der Waals surface area contributed by atoms with Gasteiger partial charge in [-0.3, -0.25) is 4.52 Å². The Morgan fingerprint density at radius 1 is 0.686 bits per heavy atom. The summed E-state index contributed by atoms with van der Waals surface area (Å²) in [5.41, 5.74) is 2.32. The number of nitrogens with zero attached hydrogens (tertiary/aromatic N) is 1. The van der Waals surface area contributed by atoms with E-state index in [0.717, 1.165) is 39.7 Å². The van der Waals surface area contributed by atoms with Gasteiger partial charge in [-0.25, -0.2) is 0 Å². The maximum atomic E-state index is 6.29. The smallest absolute Gasteiger partial charge is 0.382 e. The summed E-state index contributed by atoms with van der Waals surface area (Å²) in [6.45, 7) is -5.14. The molecule has 276 valence electrons. The molecule has 0 spiro atoms. The molecule has 0 saturated heterocycles. The van der Waals surface area contributed by atoms with E-state index in [0.29, 0.717) is 24.7 Å². The molecule has 4 rings (SSSR count). The van der Waals surface area contributed by atoms with Crippen LogP contribution in [0.2, 0.25) is 0 Å². The summed E-state index contributed by atoms with van der Waals surface area (Å²) in [5, 5.41) is 0. The van der Waals surface area contributed by atoms with Gasteiger partial charge in [-0.15, -0.1) is 0 Å². The highest BCUT2D eigenvalue weighted by Gasteiger charge is 2.23. The highest BCUT2D eigenvalue weighted by molar-refractivity contribution is 8.08. The van der Waals surface area contributed by atoms with Crippen LogP contribution in [0.15, 0.2) is 107 Å². The lowest BCUT2D eigenvalue weighted by atomic mass is 10.0. The van der Waals surface area contributed by atoms with Gasteiger partial charge in [-0.2, -0.15) is 0 Å². The normalized spacial score (nSPS) is 13.4. The van der Waals surface area contributed by atoms with Crippen molar-refractivity contribution in [3.63, 3.8) is 0 Å². The van der Waals surface area contributed by atoms with Gasteiger partial charge in [0, 0.05) is 61.3 Å². The van der Waals surface area contributed by atoms with E-state index in [9.17, 15) is 0 Å². The van der Waals surface area contributed by atoms with Gasteiger partial charge in [-0.05, 0) is 105 Å². The van der Waals surface area contributed by atoms with Crippen LogP contribution in [0.5, 0.6) is 23.0 Å². The third-order valence-corrected chi connectivity index (χ3v) is 13.0. The summed E-state index contributed by atoms with van der Waals surface area (Å²) < 4.78 is 51.3. The van der Waals surface area contributed by atoms with Crippen LogP contribution in [0.25, 0.3) is 0 Å². The number of rotatable bonds is 22. The summed E-state index contributed by atoms with van der Waals surface area (Å²) >= 11 is 12.5. The van der Waals surface area contributed by atoms with E-state index in [2.05, 4.69) is 18.2 Å². The minimum Gasteiger partial charge on any atom is -0.497 e. The van der Waals surface area contributed by atoms with Crippen LogP contribution in [0, 0.1) is 0 Å². The Morgan fingerprint density at radius 2 is 1.29 bits per heavy atom. The van der Waals surface area contributed by atoms with Crippen molar-refractivity contribution in [2.75, 3.05) is 62.5 Å². The van der Waals surface area contributed by atoms with Crippen molar-refractivity contribution in [3.05, 3.63) is 108 Å². The largest absolute Gasteiger partial charge is 0.497 e. The number of aryl methyl sites for hydroxylation is 2. The number of hydrogen-bond acceptors (Lipinski definition) is 13. The predicted octanol–water partition coefficient (Wildman–Crippen LogP) is 8.78. The summed E-state index contributed by atoms with van der Waals surface area (Å²) in [7, 11) is 10.0. The van der Waals surface area contributed by atoms with Gasteiger partial charge in [0.05, 0.1) is 7.11 Å². The second-order valence-electron chi connectivity index (χ2n) is 11.2. The van der Waals surface area contributed by atoms with E-state index in [1.807, 2.05) is 97.9 Å². The second kappa shape index (κ2) is 20.7. The zero-order valence-corrected chi connectivity index (χ0v) is 33.8. The first-order chi connectivity index (χ1) is 24.6. The zero-order valence-electron chi connectivity index (χ0n) is 29.6. The van der Waals surface area contributed by atoms with Crippen LogP contribution in [0.3, 0.4) is 0 Å². The van der Waals surface area contributed by atoms with Crippen LogP contribution < -0.4 is 18.5 Å². The Hall–Kier alpha value is -2.51. The van der Waals surface area contributed by atoms with Crippen molar-refractivity contribution in [2.45, 2.75) is 28.7 Å². The molecular formula is C36H45NO9P2S3. The number of likely N-dealkylation sites (N-methyl/N-ethyl adjacent to an activating group) is 1. The number of ether oxygens (including phenoxy) is 3. The molecule has 0 saturated carbocycles. The molecule has 0 radical (unpaired) electrons. The number of hydrogen-bond donors (Lipinski definition) is 0. The van der Waals surface area contributed by atoms with Crippen molar-refractivity contribution in [1.82, 2.24) is 4.90 Å². The van der Waals surface area contributed by atoms with Gasteiger partial charge in [0.1, 0.15) is 35.7 Å². The van der Waals surface area contributed by atoms with Crippen molar-refractivity contribution in [3.8, 4) is 23.0 Å². The van der Waals surface area contributed by atoms with E-state index in [1.165, 1.54) is 26.9 Å². The molecule has 0 aromatic heterocycles. The molecule has 0 fully saturated rings. The summed E-state index contributed by atoms with van der Waals surface area (Å²) in [5.74, 6) is 2.77. The summed E-state index contributed by atoms with van der Waals surface area (Å²) in [6.07, 6.45) is 1.38. The van der Waals surface area contributed by atoms with E-state index in [1.54, 1.807) is 18.9 Å². The minimum absolute atomic E-state index is 0.124. The third kappa shape index (κ3) is 13.8. The van der Waals surface area contributed by atoms with Crippen LogP contribution in [-0.4, -0.2) is 73.5 Å². The van der Waals surface area contributed by atoms with Gasteiger partial charge >= 0.3 is 13.4 Å². The van der Waals surface area contributed by atoms with E-state index < -0.39 is 13.4 Å². The molecule has 51 heavy (non-hydrogen) atoms. The van der Waals surface area contributed by atoms with Crippen molar-refractivity contribution in [1.29, 1.82) is 0 Å². The molecule has 0 amide bonds. The van der Waals surface area contributed by atoms with E-state index >= 15 is 0 Å². The first-order valence-corrected chi connectivity index (χ1v) is 21.9. The molecule has 0 aliphatic heterocycles. The average Bonchev–Trinajstić information content (AvgIpc) is 3.14. The fraction of sp³-hybridized carbons (Fsp3) is 0.333. The highest BCUT2D eigenvalue weighted by Crippen LogP contribution is 2.50. The molecule has 0 heterocycles. The maximum absolute atomic E-state index is 6.29. The molecule has 0 N–H and O–H groups in total. The lowest BCUT2D eigenvalue weighted by Gasteiger charge is -2.25. The number of benzene rings is 4. The van der Waals surface area contributed by atoms with Gasteiger partial charge in [0.25, 0.3) is 0 Å². The van der Waals surface area contributed by atoms with E-state index in [4.69, 9.17) is 65.0 Å². The zero-order chi connectivity index (χ0) is 36.7. The summed E-state index contributed by atoms with van der Waals surface area (Å²) in [4.78, 5) is 4.04. The van der Waals surface area contributed by atoms with Crippen molar-refractivity contribution in [2.24, 2.45) is 0 Å². The molecule has 4 aromatic rings. The number of methoxy groups -OCH3 is 1. The monoisotopic (exact) mass is 793 g/mol. The fourth-order valence-corrected chi connectivity index (χ4v) is 7.63. The Balaban J connectivity index is 1.28. The van der Waals surface area contributed by atoms with Crippen LogP contribution in [0.4, 0.5) is 0 Å². The predicted molar refractivity (Wildman–Crippen MR) is 210 cm³/mol. The summed E-state index contributed by atoms with van der Waals surface area (Å²) in [6, 6.07) is 31.2. The molecule has 0 bridgehead atoms. The SMILES string of the molecule is COc1cccc(CCc2ccccc2OC[C@H](CN(C)C)OCOP(=S)(OC)Oc2ccc(Sc3ccc(OP(=S)(OC)OC)cc3)cc2)c1. The molecule has 0 aliphatic carbocycles. The second-order valence-corrected chi connectivity index (χ2v) is 18.6. The quantitative estimate of drug-likeness (QED) is 0.0562. The molecule has 1 unspecified atom stereocenters. The van der Waals surface area contributed by atoms with Crippen molar-refractivity contribution >= 4 is 48.8 Å². The Labute approximate surface area is 316 Å². The first kappa shape index (κ1) is 41.2. The lowest BCUT2D eigenvalue weighted by molar-refractivity contribution is -0.0644. The molecule has 0 aliphatic rings.